The lowest BCUT2D eigenvalue weighted by Crippen LogP contribution is -2.30. The van der Waals surface area contributed by atoms with Gasteiger partial charge in [0.15, 0.2) is 0 Å². The number of benzene rings is 2. The predicted molar refractivity (Wildman–Crippen MR) is 123 cm³/mol. The van der Waals surface area contributed by atoms with Crippen LogP contribution >= 0.6 is 15.9 Å². The zero-order valence-corrected chi connectivity index (χ0v) is 18.6. The van der Waals surface area contributed by atoms with E-state index in [-0.39, 0.29) is 5.91 Å². The number of aromatic nitrogens is 1. The molecule has 29 heavy (non-hydrogen) atoms. The minimum atomic E-state index is 0.235. The lowest BCUT2D eigenvalue weighted by atomic mass is 10.1. The van der Waals surface area contributed by atoms with Gasteiger partial charge in [0, 0.05) is 35.9 Å². The molecule has 0 aliphatic rings. The Morgan fingerprint density at radius 1 is 0.897 bits per heavy atom. The average Bonchev–Trinajstić information content (AvgIpc) is 3.16. The Bertz CT molecular complexity index is 887. The topological polar surface area (TPSA) is 25.2 Å². The van der Waals surface area contributed by atoms with Crippen LogP contribution in [0.15, 0.2) is 77.4 Å². The molecule has 0 atom stereocenters. The minimum absolute atomic E-state index is 0.235. The molecule has 3 nitrogen and oxygen atoms in total. The van der Waals surface area contributed by atoms with Crippen molar-refractivity contribution in [3.63, 3.8) is 0 Å². The normalized spacial score (nSPS) is 10.8. The van der Waals surface area contributed by atoms with Crippen LogP contribution in [0.4, 0.5) is 0 Å². The summed E-state index contributed by atoms with van der Waals surface area (Å²) in [4.78, 5) is 15.0. The van der Waals surface area contributed by atoms with Gasteiger partial charge >= 0.3 is 0 Å². The van der Waals surface area contributed by atoms with Gasteiger partial charge in [-0.15, -0.1) is 0 Å². The second-order valence-electron chi connectivity index (χ2n) is 7.45. The molecule has 0 fully saturated rings. The monoisotopic (exact) mass is 452 g/mol. The Morgan fingerprint density at radius 3 is 2.38 bits per heavy atom. The summed E-state index contributed by atoms with van der Waals surface area (Å²) in [5.41, 5.74) is 3.57. The number of rotatable bonds is 10. The molecule has 4 heteroatoms. The highest BCUT2D eigenvalue weighted by Gasteiger charge is 2.16. The predicted octanol–water partition coefficient (Wildman–Crippen LogP) is 6.41. The van der Waals surface area contributed by atoms with Crippen LogP contribution in [0.5, 0.6) is 0 Å². The average molecular weight is 453 g/mol. The summed E-state index contributed by atoms with van der Waals surface area (Å²) < 4.78 is 3.32. The van der Waals surface area contributed by atoms with Crippen molar-refractivity contribution in [3.05, 3.63) is 94.2 Å². The molecule has 1 aromatic heterocycles. The number of halogens is 1. The van der Waals surface area contributed by atoms with Gasteiger partial charge in [0.05, 0.1) is 6.54 Å². The van der Waals surface area contributed by atoms with Crippen LogP contribution in [0.25, 0.3) is 0 Å². The smallest absolute Gasteiger partial charge is 0.223 e. The summed E-state index contributed by atoms with van der Waals surface area (Å²) in [7, 11) is 0. The van der Waals surface area contributed by atoms with Crippen LogP contribution in [-0.4, -0.2) is 15.4 Å². The molecule has 152 valence electrons. The molecule has 0 saturated carbocycles. The molecule has 0 N–H and O–H groups in total. The summed E-state index contributed by atoms with van der Waals surface area (Å²) >= 11 is 3.49. The third-order valence-electron chi connectivity index (χ3n) is 5.11. The number of amides is 1. The molecule has 0 aliphatic heterocycles. The molecule has 0 aliphatic carbocycles. The second kappa shape index (κ2) is 11.0. The van der Waals surface area contributed by atoms with E-state index in [1.54, 1.807) is 0 Å². The largest absolute Gasteiger partial charge is 0.345 e. The summed E-state index contributed by atoms with van der Waals surface area (Å²) in [5.74, 6) is 0.235. The van der Waals surface area contributed by atoms with Crippen molar-refractivity contribution < 1.29 is 4.79 Å². The fourth-order valence-corrected chi connectivity index (χ4v) is 3.71. The van der Waals surface area contributed by atoms with E-state index in [1.165, 1.54) is 11.1 Å². The maximum Gasteiger partial charge on any atom is 0.223 e. The molecule has 2 aromatic carbocycles. The first-order chi connectivity index (χ1) is 14.2. The standard InChI is InChI=1S/C25H29BrN2O/c1-2-3-5-12-25(29)28(19-21-9-6-4-7-10-21)20-24-11-8-17-27(24)18-22-13-15-23(26)16-14-22/h4,6-11,13-17H,2-3,5,12,18-20H2,1H3. The fraction of sp³-hybridized carbons (Fsp3) is 0.320. The van der Waals surface area contributed by atoms with E-state index in [2.05, 4.69) is 82.1 Å². The molecule has 3 aromatic rings. The van der Waals surface area contributed by atoms with E-state index in [0.717, 1.165) is 36.0 Å². The van der Waals surface area contributed by atoms with Gasteiger partial charge in [-0.1, -0.05) is 78.2 Å². The first-order valence-electron chi connectivity index (χ1n) is 10.4. The molecular weight excluding hydrogens is 424 g/mol. The van der Waals surface area contributed by atoms with Crippen molar-refractivity contribution in [2.45, 2.75) is 52.2 Å². The van der Waals surface area contributed by atoms with E-state index >= 15 is 0 Å². The van der Waals surface area contributed by atoms with E-state index in [0.29, 0.717) is 19.5 Å². The number of hydrogen-bond acceptors (Lipinski definition) is 1. The van der Waals surface area contributed by atoms with Crippen LogP contribution < -0.4 is 0 Å². The van der Waals surface area contributed by atoms with Gasteiger partial charge in [-0.3, -0.25) is 4.79 Å². The van der Waals surface area contributed by atoms with Gasteiger partial charge < -0.3 is 9.47 Å². The first-order valence-corrected chi connectivity index (χ1v) is 11.1. The molecule has 0 unspecified atom stereocenters. The number of carbonyl (C=O) groups excluding carboxylic acids is 1. The van der Waals surface area contributed by atoms with Gasteiger partial charge in [0.1, 0.15) is 0 Å². The molecule has 3 rings (SSSR count). The Labute approximate surface area is 182 Å². The zero-order valence-electron chi connectivity index (χ0n) is 17.1. The van der Waals surface area contributed by atoms with Crippen molar-refractivity contribution in [2.75, 3.05) is 0 Å². The van der Waals surface area contributed by atoms with Crippen molar-refractivity contribution in [1.82, 2.24) is 9.47 Å². The Kier molecular flexibility index (Phi) is 8.12. The van der Waals surface area contributed by atoms with Gasteiger partial charge in [0.2, 0.25) is 5.91 Å². The number of unbranched alkanes of at least 4 members (excludes halogenated alkanes) is 2. The fourth-order valence-electron chi connectivity index (χ4n) is 3.45. The van der Waals surface area contributed by atoms with Crippen LogP contribution in [0.3, 0.4) is 0 Å². The van der Waals surface area contributed by atoms with Crippen LogP contribution in [0.2, 0.25) is 0 Å². The number of nitrogens with zero attached hydrogens (tertiary/aromatic N) is 2. The minimum Gasteiger partial charge on any atom is -0.345 e. The summed E-state index contributed by atoms with van der Waals surface area (Å²) in [5, 5.41) is 0. The van der Waals surface area contributed by atoms with Crippen LogP contribution in [0, 0.1) is 0 Å². The Morgan fingerprint density at radius 2 is 1.66 bits per heavy atom. The molecular formula is C25H29BrN2O. The molecule has 0 saturated heterocycles. The molecule has 0 radical (unpaired) electrons. The third-order valence-corrected chi connectivity index (χ3v) is 5.63. The van der Waals surface area contributed by atoms with Crippen LogP contribution in [0.1, 0.15) is 49.4 Å². The highest BCUT2D eigenvalue weighted by atomic mass is 79.9. The maximum absolute atomic E-state index is 13.0. The van der Waals surface area contributed by atoms with E-state index in [4.69, 9.17) is 0 Å². The summed E-state index contributed by atoms with van der Waals surface area (Å²) in [6.45, 7) is 4.25. The lowest BCUT2D eigenvalue weighted by molar-refractivity contribution is -0.132. The highest BCUT2D eigenvalue weighted by molar-refractivity contribution is 9.10. The van der Waals surface area contributed by atoms with Crippen molar-refractivity contribution in [3.8, 4) is 0 Å². The second-order valence-corrected chi connectivity index (χ2v) is 8.36. The van der Waals surface area contributed by atoms with Gasteiger partial charge in [0.25, 0.3) is 0 Å². The van der Waals surface area contributed by atoms with E-state index < -0.39 is 0 Å². The number of carbonyl (C=O) groups is 1. The molecule has 1 heterocycles. The van der Waals surface area contributed by atoms with Crippen molar-refractivity contribution in [1.29, 1.82) is 0 Å². The van der Waals surface area contributed by atoms with Crippen molar-refractivity contribution in [2.24, 2.45) is 0 Å². The Hall–Kier alpha value is -2.33. The van der Waals surface area contributed by atoms with Gasteiger partial charge in [-0.05, 0) is 41.8 Å². The van der Waals surface area contributed by atoms with Crippen molar-refractivity contribution >= 4 is 21.8 Å². The summed E-state index contributed by atoms with van der Waals surface area (Å²) in [6, 6.07) is 22.8. The zero-order chi connectivity index (χ0) is 20.5. The van der Waals surface area contributed by atoms with Crippen LogP contribution in [-0.2, 0) is 24.4 Å². The first kappa shape index (κ1) is 21.4. The molecule has 0 spiro atoms. The number of hydrogen-bond donors (Lipinski definition) is 0. The quantitative estimate of drug-likeness (QED) is 0.326. The Balaban J connectivity index is 1.73. The molecule has 0 bridgehead atoms. The summed E-state index contributed by atoms with van der Waals surface area (Å²) in [6.07, 6.45) is 5.90. The van der Waals surface area contributed by atoms with E-state index in [1.807, 2.05) is 23.1 Å². The maximum atomic E-state index is 13.0. The third kappa shape index (κ3) is 6.60. The van der Waals surface area contributed by atoms with Gasteiger partial charge in [-0.2, -0.15) is 0 Å². The van der Waals surface area contributed by atoms with E-state index in [9.17, 15) is 4.79 Å². The SMILES string of the molecule is CCCCCC(=O)N(Cc1ccccc1)Cc1cccn1Cc1ccc(Br)cc1. The van der Waals surface area contributed by atoms with Gasteiger partial charge in [-0.25, -0.2) is 0 Å². The lowest BCUT2D eigenvalue weighted by Gasteiger charge is -2.24. The highest BCUT2D eigenvalue weighted by Crippen LogP contribution is 2.17. The molecule has 1 amide bonds.